The van der Waals surface area contributed by atoms with Crippen molar-refractivity contribution in [1.82, 2.24) is 9.78 Å². The highest BCUT2D eigenvalue weighted by atomic mass is 79.9. The number of carbonyl (C=O) groups is 1. The third kappa shape index (κ3) is 3.36. The Hall–Kier alpha value is -1.33. The van der Waals surface area contributed by atoms with E-state index in [1.54, 1.807) is 28.9 Å². The summed E-state index contributed by atoms with van der Waals surface area (Å²) < 4.78 is 2.61. The molecule has 0 unspecified atom stereocenters. The van der Waals surface area contributed by atoms with Crippen molar-refractivity contribution in [3.63, 3.8) is 0 Å². The van der Waals surface area contributed by atoms with Crippen LogP contribution in [0.3, 0.4) is 0 Å². The number of benzene rings is 1. The van der Waals surface area contributed by atoms with Gasteiger partial charge in [0.1, 0.15) is 6.54 Å². The second-order valence-electron chi connectivity index (χ2n) is 4.20. The highest BCUT2D eigenvalue weighted by Gasteiger charge is 2.11. The first kappa shape index (κ1) is 14.1. The van der Waals surface area contributed by atoms with Crippen molar-refractivity contribution in [2.75, 3.05) is 5.32 Å². The number of amides is 1. The van der Waals surface area contributed by atoms with Gasteiger partial charge >= 0.3 is 0 Å². The highest BCUT2D eigenvalue weighted by molar-refractivity contribution is 9.10. The van der Waals surface area contributed by atoms with E-state index in [-0.39, 0.29) is 12.5 Å². The zero-order chi connectivity index (χ0) is 14.0. The quantitative estimate of drug-likeness (QED) is 0.927. The molecule has 1 aromatic carbocycles. The molecule has 0 aliphatic carbocycles. The molecule has 4 nitrogen and oxygen atoms in total. The maximum Gasteiger partial charge on any atom is 0.246 e. The minimum absolute atomic E-state index is 0.125. The normalized spacial score (nSPS) is 10.5. The van der Waals surface area contributed by atoms with Crippen molar-refractivity contribution in [2.24, 2.45) is 0 Å². The fraction of sp³-hybridized carbons (Fsp3) is 0.231. The summed E-state index contributed by atoms with van der Waals surface area (Å²) >= 11 is 9.22. The van der Waals surface area contributed by atoms with Crippen LogP contribution in [-0.4, -0.2) is 15.7 Å². The standard InChI is InChI=1S/C13H13BrClN3O/c1-8-13(14)9(2)18(17-8)7-12(19)16-11-5-3-10(15)4-6-11/h3-6H,7H2,1-2H3,(H,16,19). The van der Waals surface area contributed by atoms with Crippen LogP contribution in [0.2, 0.25) is 5.02 Å². The van der Waals surface area contributed by atoms with Gasteiger partial charge in [0, 0.05) is 10.7 Å². The molecule has 0 aliphatic heterocycles. The Morgan fingerprint density at radius 1 is 1.37 bits per heavy atom. The molecule has 1 aromatic heterocycles. The van der Waals surface area contributed by atoms with Gasteiger partial charge in [0.05, 0.1) is 15.9 Å². The molecule has 0 saturated heterocycles. The molecule has 100 valence electrons. The molecule has 1 amide bonds. The van der Waals surface area contributed by atoms with Crippen LogP contribution in [0.25, 0.3) is 0 Å². The Balaban J connectivity index is 2.05. The summed E-state index contributed by atoms with van der Waals surface area (Å²) in [6, 6.07) is 6.99. The van der Waals surface area contributed by atoms with Gasteiger partial charge in [-0.25, -0.2) is 0 Å². The van der Waals surface area contributed by atoms with Crippen LogP contribution in [0.15, 0.2) is 28.7 Å². The maximum atomic E-state index is 11.9. The van der Waals surface area contributed by atoms with E-state index in [1.165, 1.54) is 0 Å². The summed E-state index contributed by atoms with van der Waals surface area (Å²) in [6.07, 6.45) is 0. The predicted molar refractivity (Wildman–Crippen MR) is 79.5 cm³/mol. The summed E-state index contributed by atoms with van der Waals surface area (Å²) in [4.78, 5) is 11.9. The molecule has 2 aromatic rings. The molecular formula is C13H13BrClN3O. The van der Waals surface area contributed by atoms with Crippen LogP contribution in [0.5, 0.6) is 0 Å². The van der Waals surface area contributed by atoms with E-state index in [2.05, 4.69) is 26.3 Å². The van der Waals surface area contributed by atoms with Crippen molar-refractivity contribution in [1.29, 1.82) is 0 Å². The lowest BCUT2D eigenvalue weighted by molar-refractivity contribution is -0.116. The Morgan fingerprint density at radius 2 is 2.00 bits per heavy atom. The van der Waals surface area contributed by atoms with Gasteiger partial charge in [-0.05, 0) is 54.0 Å². The van der Waals surface area contributed by atoms with Crippen LogP contribution in [0.4, 0.5) is 5.69 Å². The Bertz CT molecular complexity index is 607. The molecule has 19 heavy (non-hydrogen) atoms. The fourth-order valence-electron chi connectivity index (χ4n) is 1.70. The minimum atomic E-state index is -0.125. The number of aromatic nitrogens is 2. The molecule has 1 N–H and O–H groups in total. The van der Waals surface area contributed by atoms with Gasteiger partial charge < -0.3 is 5.32 Å². The zero-order valence-corrected chi connectivity index (χ0v) is 12.9. The number of rotatable bonds is 3. The topological polar surface area (TPSA) is 46.9 Å². The number of aryl methyl sites for hydroxylation is 1. The second kappa shape index (κ2) is 5.75. The summed E-state index contributed by atoms with van der Waals surface area (Å²) in [5.74, 6) is -0.125. The average molecular weight is 343 g/mol. The van der Waals surface area contributed by atoms with Crippen LogP contribution in [-0.2, 0) is 11.3 Å². The minimum Gasteiger partial charge on any atom is -0.324 e. The monoisotopic (exact) mass is 341 g/mol. The summed E-state index contributed by atoms with van der Waals surface area (Å²) in [5.41, 5.74) is 2.52. The molecular weight excluding hydrogens is 330 g/mol. The van der Waals surface area contributed by atoms with E-state index in [1.807, 2.05) is 13.8 Å². The van der Waals surface area contributed by atoms with Crippen LogP contribution in [0.1, 0.15) is 11.4 Å². The first-order valence-electron chi connectivity index (χ1n) is 5.72. The van der Waals surface area contributed by atoms with Gasteiger partial charge in [-0.1, -0.05) is 11.6 Å². The van der Waals surface area contributed by atoms with E-state index >= 15 is 0 Å². The van der Waals surface area contributed by atoms with E-state index in [9.17, 15) is 4.79 Å². The molecule has 2 rings (SSSR count). The number of anilines is 1. The molecule has 0 saturated carbocycles. The van der Waals surface area contributed by atoms with E-state index < -0.39 is 0 Å². The van der Waals surface area contributed by atoms with Gasteiger partial charge in [0.25, 0.3) is 0 Å². The number of carbonyl (C=O) groups excluding carboxylic acids is 1. The van der Waals surface area contributed by atoms with E-state index in [4.69, 9.17) is 11.6 Å². The molecule has 0 aliphatic rings. The molecule has 1 heterocycles. The SMILES string of the molecule is Cc1nn(CC(=O)Nc2ccc(Cl)cc2)c(C)c1Br. The Morgan fingerprint density at radius 3 is 2.53 bits per heavy atom. The first-order valence-corrected chi connectivity index (χ1v) is 6.89. The van der Waals surface area contributed by atoms with Gasteiger partial charge in [0.2, 0.25) is 5.91 Å². The van der Waals surface area contributed by atoms with E-state index in [0.29, 0.717) is 5.02 Å². The average Bonchev–Trinajstić information content (AvgIpc) is 2.60. The number of hydrogen-bond acceptors (Lipinski definition) is 2. The second-order valence-corrected chi connectivity index (χ2v) is 5.43. The van der Waals surface area contributed by atoms with Crippen molar-refractivity contribution in [3.8, 4) is 0 Å². The number of nitrogens with zero attached hydrogens (tertiary/aromatic N) is 2. The summed E-state index contributed by atoms with van der Waals surface area (Å²) in [6.45, 7) is 3.99. The number of nitrogens with one attached hydrogen (secondary N) is 1. The van der Waals surface area contributed by atoms with Crippen molar-refractivity contribution in [2.45, 2.75) is 20.4 Å². The third-order valence-electron chi connectivity index (χ3n) is 2.71. The number of hydrogen-bond donors (Lipinski definition) is 1. The lowest BCUT2D eigenvalue weighted by Gasteiger charge is -2.06. The molecule has 0 bridgehead atoms. The van der Waals surface area contributed by atoms with Crippen LogP contribution in [0, 0.1) is 13.8 Å². The molecule has 0 spiro atoms. The van der Waals surface area contributed by atoms with Crippen molar-refractivity contribution >= 4 is 39.1 Å². The van der Waals surface area contributed by atoms with Crippen LogP contribution >= 0.6 is 27.5 Å². The Labute approximate surface area is 124 Å². The lowest BCUT2D eigenvalue weighted by Crippen LogP contribution is -2.20. The summed E-state index contributed by atoms with van der Waals surface area (Å²) in [5, 5.41) is 7.73. The molecule has 0 atom stereocenters. The maximum absolute atomic E-state index is 11.9. The third-order valence-corrected chi connectivity index (χ3v) is 4.11. The molecule has 6 heteroatoms. The van der Waals surface area contributed by atoms with Gasteiger partial charge in [-0.2, -0.15) is 5.10 Å². The summed E-state index contributed by atoms with van der Waals surface area (Å²) in [7, 11) is 0. The zero-order valence-electron chi connectivity index (χ0n) is 10.6. The predicted octanol–water partition coefficient (Wildman–Crippen LogP) is 3.55. The van der Waals surface area contributed by atoms with Gasteiger partial charge in [0.15, 0.2) is 0 Å². The molecule has 0 radical (unpaired) electrons. The largest absolute Gasteiger partial charge is 0.324 e. The van der Waals surface area contributed by atoms with Crippen molar-refractivity contribution < 1.29 is 4.79 Å². The molecule has 0 fully saturated rings. The fourth-order valence-corrected chi connectivity index (χ4v) is 2.11. The van der Waals surface area contributed by atoms with E-state index in [0.717, 1.165) is 21.5 Å². The smallest absolute Gasteiger partial charge is 0.246 e. The number of halogens is 2. The van der Waals surface area contributed by atoms with Crippen LogP contribution < -0.4 is 5.32 Å². The van der Waals surface area contributed by atoms with Gasteiger partial charge in [-0.15, -0.1) is 0 Å². The van der Waals surface area contributed by atoms with Gasteiger partial charge in [-0.3, -0.25) is 9.48 Å². The highest BCUT2D eigenvalue weighted by Crippen LogP contribution is 2.19. The van der Waals surface area contributed by atoms with Crippen molar-refractivity contribution in [3.05, 3.63) is 45.1 Å². The first-order chi connectivity index (χ1) is 8.97. The Kier molecular flexibility index (Phi) is 4.27. The lowest BCUT2D eigenvalue weighted by atomic mass is 10.3.